The second-order valence-electron chi connectivity index (χ2n) is 6.04. The molecule has 1 aromatic rings. The van der Waals surface area contributed by atoms with Crippen molar-refractivity contribution in [3.05, 3.63) is 22.4 Å². The number of hydrogen-bond donors (Lipinski definition) is 1. The normalized spacial score (nSPS) is 21.9. The number of nitrogens with one attached hydrogen (secondary N) is 1. The molecule has 0 spiro atoms. The van der Waals surface area contributed by atoms with E-state index in [-0.39, 0.29) is 11.3 Å². The van der Waals surface area contributed by atoms with E-state index in [0.717, 1.165) is 19.5 Å². The fourth-order valence-corrected chi connectivity index (χ4v) is 3.71. The van der Waals surface area contributed by atoms with E-state index in [1.54, 1.807) is 18.4 Å². The Balaban J connectivity index is 2.16. The first-order chi connectivity index (χ1) is 10.1. The lowest BCUT2D eigenvalue weighted by atomic mass is 9.75. The van der Waals surface area contributed by atoms with Crippen molar-refractivity contribution in [1.29, 1.82) is 0 Å². The van der Waals surface area contributed by atoms with Gasteiger partial charge in [-0.05, 0) is 30.3 Å². The highest BCUT2D eigenvalue weighted by atomic mass is 32.1. The maximum Gasteiger partial charge on any atom is 0.230 e. The molecule has 1 atom stereocenters. The van der Waals surface area contributed by atoms with Crippen LogP contribution in [0.3, 0.4) is 0 Å². The predicted octanol–water partition coefficient (Wildman–Crippen LogP) is 2.36. The first-order valence-corrected chi connectivity index (χ1v) is 8.49. The molecule has 2 heterocycles. The Hall–Kier alpha value is -0.910. The Morgan fingerprint density at radius 1 is 1.57 bits per heavy atom. The third-order valence-corrected chi connectivity index (χ3v) is 5.36. The molecule has 1 aromatic heterocycles. The van der Waals surface area contributed by atoms with Crippen molar-refractivity contribution in [2.75, 3.05) is 33.4 Å². The van der Waals surface area contributed by atoms with Crippen LogP contribution in [0.5, 0.6) is 0 Å². The lowest BCUT2D eigenvalue weighted by Gasteiger charge is -2.36. The summed E-state index contributed by atoms with van der Waals surface area (Å²) in [5.74, 6) is 0.612. The summed E-state index contributed by atoms with van der Waals surface area (Å²) < 4.78 is 5.19. The number of rotatable bonds is 7. The molecule has 0 saturated carbocycles. The van der Waals surface area contributed by atoms with Crippen molar-refractivity contribution in [3.8, 4) is 0 Å². The van der Waals surface area contributed by atoms with Crippen LogP contribution in [0, 0.1) is 11.3 Å². The van der Waals surface area contributed by atoms with Crippen LogP contribution in [0.1, 0.15) is 25.1 Å². The highest BCUT2D eigenvalue weighted by Crippen LogP contribution is 2.36. The molecule has 2 rings (SSSR count). The molecule has 1 aliphatic heterocycles. The van der Waals surface area contributed by atoms with Crippen LogP contribution < -0.4 is 5.32 Å². The topological polar surface area (TPSA) is 41.6 Å². The van der Waals surface area contributed by atoms with Gasteiger partial charge in [0.1, 0.15) is 0 Å². The molecule has 1 saturated heterocycles. The van der Waals surface area contributed by atoms with Crippen molar-refractivity contribution in [2.45, 2.75) is 26.8 Å². The monoisotopic (exact) mass is 310 g/mol. The van der Waals surface area contributed by atoms with Crippen LogP contribution in [0.25, 0.3) is 0 Å². The Labute approximate surface area is 131 Å². The third-order valence-electron chi connectivity index (χ3n) is 4.50. The molecule has 5 heteroatoms. The number of carbonyl (C=O) groups excluding carboxylic acids is 1. The largest absolute Gasteiger partial charge is 0.383 e. The summed E-state index contributed by atoms with van der Waals surface area (Å²) in [5.41, 5.74) is -0.259. The number of thiophene rings is 1. The summed E-state index contributed by atoms with van der Waals surface area (Å²) in [6, 6.07) is 4.13. The highest BCUT2D eigenvalue weighted by Gasteiger charge is 2.45. The number of nitrogens with zero attached hydrogens (tertiary/aromatic N) is 1. The standard InChI is InChI=1S/C16H26N2O2S/c1-13(2)16(6-7-17-12-16)15(19)18(8-9-20-3)11-14-5-4-10-21-14/h4-5,10,13,17H,6-9,11-12H2,1-3H3. The minimum absolute atomic E-state index is 0.259. The Morgan fingerprint density at radius 3 is 2.90 bits per heavy atom. The van der Waals surface area contributed by atoms with Gasteiger partial charge in [0.2, 0.25) is 5.91 Å². The lowest BCUT2D eigenvalue weighted by molar-refractivity contribution is -0.145. The average Bonchev–Trinajstić information content (AvgIpc) is 3.14. The second-order valence-corrected chi connectivity index (χ2v) is 7.07. The smallest absolute Gasteiger partial charge is 0.230 e. The molecule has 1 aliphatic rings. The number of ether oxygens (including phenoxy) is 1. The Morgan fingerprint density at radius 2 is 2.38 bits per heavy atom. The molecule has 1 N–H and O–H groups in total. The summed E-state index contributed by atoms with van der Waals surface area (Å²) in [5, 5.41) is 5.43. The SMILES string of the molecule is COCCN(Cc1cccs1)C(=O)C1(C(C)C)CCNC1. The van der Waals surface area contributed by atoms with E-state index in [2.05, 4.69) is 30.6 Å². The molecule has 1 amide bonds. The zero-order valence-electron chi connectivity index (χ0n) is 13.2. The van der Waals surface area contributed by atoms with Gasteiger partial charge < -0.3 is 15.0 Å². The van der Waals surface area contributed by atoms with Gasteiger partial charge in [0.25, 0.3) is 0 Å². The minimum Gasteiger partial charge on any atom is -0.383 e. The molecule has 0 bridgehead atoms. The van der Waals surface area contributed by atoms with Crippen molar-refractivity contribution in [2.24, 2.45) is 11.3 Å². The summed E-state index contributed by atoms with van der Waals surface area (Å²) in [7, 11) is 1.68. The molecule has 118 valence electrons. The zero-order valence-corrected chi connectivity index (χ0v) is 14.0. The van der Waals surface area contributed by atoms with E-state index in [1.807, 2.05) is 11.0 Å². The zero-order chi connectivity index (χ0) is 15.3. The fraction of sp³-hybridized carbons (Fsp3) is 0.688. The maximum atomic E-state index is 13.2. The number of hydrogen-bond acceptors (Lipinski definition) is 4. The molecule has 0 radical (unpaired) electrons. The maximum absolute atomic E-state index is 13.2. The van der Waals surface area contributed by atoms with E-state index in [1.165, 1.54) is 4.88 Å². The lowest BCUT2D eigenvalue weighted by Crippen LogP contribution is -2.48. The Bertz CT molecular complexity index is 439. The first kappa shape index (κ1) is 16.5. The van der Waals surface area contributed by atoms with E-state index in [4.69, 9.17) is 4.74 Å². The predicted molar refractivity (Wildman–Crippen MR) is 86.4 cm³/mol. The van der Waals surface area contributed by atoms with Gasteiger partial charge in [0, 0.05) is 25.1 Å². The summed E-state index contributed by atoms with van der Waals surface area (Å²) >= 11 is 1.70. The van der Waals surface area contributed by atoms with E-state index >= 15 is 0 Å². The van der Waals surface area contributed by atoms with Gasteiger partial charge in [-0.15, -0.1) is 11.3 Å². The molecule has 1 unspecified atom stereocenters. The molecule has 21 heavy (non-hydrogen) atoms. The third kappa shape index (κ3) is 3.65. The Kier molecular flexibility index (Phi) is 5.79. The van der Waals surface area contributed by atoms with Gasteiger partial charge in [0.05, 0.1) is 18.6 Å². The molecular formula is C16H26N2O2S. The summed E-state index contributed by atoms with van der Waals surface area (Å²) in [4.78, 5) is 16.4. The highest BCUT2D eigenvalue weighted by molar-refractivity contribution is 7.09. The van der Waals surface area contributed by atoms with Crippen LogP contribution in [0.4, 0.5) is 0 Å². The number of methoxy groups -OCH3 is 1. The molecule has 0 aromatic carbocycles. The van der Waals surface area contributed by atoms with Gasteiger partial charge in [0.15, 0.2) is 0 Å². The fourth-order valence-electron chi connectivity index (χ4n) is 2.99. The van der Waals surface area contributed by atoms with Gasteiger partial charge in [-0.25, -0.2) is 0 Å². The van der Waals surface area contributed by atoms with Crippen LogP contribution >= 0.6 is 11.3 Å². The molecule has 0 aliphatic carbocycles. The van der Waals surface area contributed by atoms with Gasteiger partial charge in [-0.3, -0.25) is 4.79 Å². The van der Waals surface area contributed by atoms with Crippen LogP contribution in [0.2, 0.25) is 0 Å². The van der Waals surface area contributed by atoms with Crippen LogP contribution in [-0.2, 0) is 16.1 Å². The minimum atomic E-state index is -0.259. The van der Waals surface area contributed by atoms with Crippen molar-refractivity contribution < 1.29 is 9.53 Å². The van der Waals surface area contributed by atoms with Gasteiger partial charge >= 0.3 is 0 Å². The van der Waals surface area contributed by atoms with Crippen molar-refractivity contribution >= 4 is 17.2 Å². The second kappa shape index (κ2) is 7.38. The van der Waals surface area contributed by atoms with E-state index < -0.39 is 0 Å². The average molecular weight is 310 g/mol. The summed E-state index contributed by atoms with van der Waals surface area (Å²) in [6.07, 6.45) is 0.928. The van der Waals surface area contributed by atoms with Gasteiger partial charge in [-0.2, -0.15) is 0 Å². The van der Waals surface area contributed by atoms with Gasteiger partial charge in [-0.1, -0.05) is 19.9 Å². The number of carbonyl (C=O) groups is 1. The van der Waals surface area contributed by atoms with Crippen LogP contribution in [-0.4, -0.2) is 44.2 Å². The van der Waals surface area contributed by atoms with Crippen molar-refractivity contribution in [1.82, 2.24) is 10.2 Å². The van der Waals surface area contributed by atoms with Crippen molar-refractivity contribution in [3.63, 3.8) is 0 Å². The van der Waals surface area contributed by atoms with Crippen LogP contribution in [0.15, 0.2) is 17.5 Å². The van der Waals surface area contributed by atoms with E-state index in [0.29, 0.717) is 25.6 Å². The molecule has 4 nitrogen and oxygen atoms in total. The quantitative estimate of drug-likeness (QED) is 0.840. The number of amides is 1. The summed E-state index contributed by atoms with van der Waals surface area (Å²) in [6.45, 7) is 7.96. The molecule has 1 fully saturated rings. The van der Waals surface area contributed by atoms with E-state index in [9.17, 15) is 4.79 Å². The molecular weight excluding hydrogens is 284 g/mol. The first-order valence-electron chi connectivity index (χ1n) is 7.61.